The zero-order valence-electron chi connectivity index (χ0n) is 37.2. The Morgan fingerprint density at radius 2 is 0.690 bits per heavy atom. The molecule has 4 atom stereocenters. The van der Waals surface area contributed by atoms with Crippen LogP contribution in [0.5, 0.6) is 0 Å². The van der Waals surface area contributed by atoms with E-state index >= 15 is 0 Å². The fraction of sp³-hybridized carbons (Fsp3) is 0.360. The van der Waals surface area contributed by atoms with Crippen molar-refractivity contribution in [2.45, 2.75) is 108 Å². The summed E-state index contributed by atoms with van der Waals surface area (Å²) in [5.74, 6) is -1.38. The Labute approximate surface area is 383 Å². The van der Waals surface area contributed by atoms with Gasteiger partial charge in [-0.15, -0.1) is 0 Å². The SMILES string of the molecule is CCC(C)[NH][Hf+]([C]1=C(C)C(C)=C(C)C1C)[SiH](c1ccccc1)c1ccccc1.CCC(C)[NH][Hf+]([C]1=C(C)C(C)=C(C)C1C)[SiH](c1ccccc1)c1ccccc1.[Cl-].[Cl-]. The minimum atomic E-state index is -2.36. The first-order valence-corrected chi connectivity index (χ1v) is 44.2. The summed E-state index contributed by atoms with van der Waals surface area (Å²) in [5.41, 5.74) is 9.49. The maximum absolute atomic E-state index is 4.30. The third kappa shape index (κ3) is 11.9. The molecule has 4 aromatic carbocycles. The standard InChI is InChI=1S/2C12H11Si.2C9H13.2C4H10N.2ClH.2Hf/c2*1-3-7-11(8-4-1)13-12-9-5-2-6-10-12;2*1-6-5-7(2)9(4)8(6)3;2*1-3-4(2)5;;;;/h2*1-10,13H;2*6H,1-4H3;2*4-5H,3H2,1-2H3;2*1H;;/q;;;;2*-1;;;2*+2/p-2. The van der Waals surface area contributed by atoms with Gasteiger partial charge < -0.3 is 24.8 Å². The van der Waals surface area contributed by atoms with Crippen LogP contribution in [0.2, 0.25) is 0 Å². The molecule has 6 rings (SSSR count). The zero-order valence-corrected chi connectivity index (χ0v) is 48.2. The van der Waals surface area contributed by atoms with Crippen LogP contribution < -0.4 is 52.2 Å². The summed E-state index contributed by atoms with van der Waals surface area (Å²) >= 11 is -4.73. The van der Waals surface area contributed by atoms with Crippen LogP contribution in [0.3, 0.4) is 0 Å². The van der Waals surface area contributed by atoms with E-state index in [1.807, 2.05) is 6.66 Å². The van der Waals surface area contributed by atoms with Crippen LogP contribution in [0.25, 0.3) is 0 Å². The molecule has 0 fully saturated rings. The average Bonchev–Trinajstić information content (AvgIpc) is 3.54. The molecule has 0 amide bonds. The van der Waals surface area contributed by atoms with Crippen molar-refractivity contribution < 1.29 is 66.6 Å². The summed E-state index contributed by atoms with van der Waals surface area (Å²) in [4.78, 5) is 0. The molecule has 0 aromatic heterocycles. The molecule has 0 spiro atoms. The van der Waals surface area contributed by atoms with Gasteiger partial charge in [0, 0.05) is 0 Å². The van der Waals surface area contributed by atoms with E-state index in [-0.39, 0.29) is 24.8 Å². The van der Waals surface area contributed by atoms with Crippen molar-refractivity contribution in [3.63, 3.8) is 0 Å². The molecule has 2 N–H and O–H groups in total. The Morgan fingerprint density at radius 3 is 0.879 bits per heavy atom. The van der Waals surface area contributed by atoms with Gasteiger partial charge in [-0.2, -0.15) is 0 Å². The van der Waals surface area contributed by atoms with Gasteiger partial charge in [-0.25, -0.2) is 0 Å². The van der Waals surface area contributed by atoms with Crippen molar-refractivity contribution >= 4 is 32.7 Å². The van der Waals surface area contributed by atoms with E-state index in [0.29, 0.717) is 23.9 Å². The Kier molecular flexibility index (Phi) is 21.3. The Bertz CT molecular complexity index is 1790. The van der Waals surface area contributed by atoms with Crippen LogP contribution in [0, 0.1) is 11.8 Å². The van der Waals surface area contributed by atoms with Crippen molar-refractivity contribution in [2.24, 2.45) is 11.8 Å². The van der Waals surface area contributed by atoms with E-state index in [9.17, 15) is 0 Å². The van der Waals surface area contributed by atoms with Gasteiger partial charge in [0.25, 0.3) is 0 Å². The van der Waals surface area contributed by atoms with E-state index in [1.54, 1.807) is 54.2 Å². The fourth-order valence-corrected chi connectivity index (χ4v) is 74.9. The number of nitrogens with one attached hydrogen (secondary N) is 2. The van der Waals surface area contributed by atoms with Crippen molar-refractivity contribution in [1.82, 2.24) is 6.61 Å². The first kappa shape index (κ1) is 50.9. The molecular weight excluding hydrogens is 1110 g/mol. The third-order valence-electron chi connectivity index (χ3n) is 13.0. The molecule has 0 saturated heterocycles. The van der Waals surface area contributed by atoms with Gasteiger partial charge in [-0.1, -0.05) is 0 Å². The molecule has 4 aromatic rings. The summed E-state index contributed by atoms with van der Waals surface area (Å²) in [6.45, 7) is 28.5. The summed E-state index contributed by atoms with van der Waals surface area (Å²) < 4.78 is 12.3. The van der Waals surface area contributed by atoms with Gasteiger partial charge in [0.15, 0.2) is 0 Å². The largest absolute Gasteiger partial charge is 1.00 e. The van der Waals surface area contributed by atoms with Crippen LogP contribution >= 0.6 is 0 Å². The van der Waals surface area contributed by atoms with Crippen molar-refractivity contribution in [2.75, 3.05) is 0 Å². The first-order chi connectivity index (χ1) is 26.9. The predicted molar refractivity (Wildman–Crippen MR) is 245 cm³/mol. The second-order valence-corrected chi connectivity index (χ2v) is 54.6. The number of allylic oxidation sites excluding steroid dienone is 8. The summed E-state index contributed by atoms with van der Waals surface area (Å²) in [6, 6.07) is 46.9. The van der Waals surface area contributed by atoms with E-state index < -0.39 is 53.8 Å². The molecule has 0 heterocycles. The number of rotatable bonds is 14. The normalized spacial score (nSPS) is 17.6. The quantitative estimate of drug-likeness (QED) is 0.190. The van der Waals surface area contributed by atoms with Crippen LogP contribution in [0.4, 0.5) is 0 Å². The summed E-state index contributed by atoms with van der Waals surface area (Å²) in [5, 5.41) is 6.45. The molecule has 0 radical (unpaired) electrons. The number of hydrogen-bond donors (Lipinski definition) is 2. The van der Waals surface area contributed by atoms with Crippen LogP contribution in [-0.2, 0) is 41.8 Å². The maximum Gasteiger partial charge on any atom is -1.00 e. The Hall–Kier alpha value is -1.49. The molecule has 0 bridgehead atoms. The average molecular weight is 1180 g/mol. The van der Waals surface area contributed by atoms with Crippen LogP contribution in [0.1, 0.15) is 95.9 Å². The second kappa shape index (κ2) is 24.2. The van der Waals surface area contributed by atoms with Gasteiger partial charge in [-0.3, -0.25) is 0 Å². The molecule has 4 unspecified atom stereocenters. The topological polar surface area (TPSA) is 24.1 Å². The van der Waals surface area contributed by atoms with E-state index in [4.69, 9.17) is 0 Å². The smallest absolute Gasteiger partial charge is 1.00 e. The molecule has 2 nitrogen and oxygen atoms in total. The maximum atomic E-state index is 4.30. The third-order valence-corrected chi connectivity index (χ3v) is 68.7. The number of benzene rings is 4. The summed E-state index contributed by atoms with van der Waals surface area (Å²) in [6.07, 6.45) is 2.40. The van der Waals surface area contributed by atoms with Gasteiger partial charge in [0.1, 0.15) is 0 Å². The molecule has 2 aliphatic rings. The zero-order chi connectivity index (χ0) is 40.5. The Morgan fingerprint density at radius 1 is 0.448 bits per heavy atom. The second-order valence-electron chi connectivity index (χ2n) is 16.4. The van der Waals surface area contributed by atoms with Gasteiger partial charge >= 0.3 is 362 Å². The van der Waals surface area contributed by atoms with Crippen molar-refractivity contribution in [3.05, 3.63) is 161 Å². The van der Waals surface area contributed by atoms with Gasteiger partial charge in [0.05, 0.1) is 0 Å². The molecule has 0 aliphatic heterocycles. The minimum Gasteiger partial charge on any atom is -1.00 e. The molecule has 2 aliphatic carbocycles. The van der Waals surface area contributed by atoms with Crippen LogP contribution in [-0.4, -0.2) is 24.1 Å². The molecule has 308 valence electrons. The monoisotopic (exact) mass is 1180 g/mol. The molecule has 8 heteroatoms. The first-order valence-electron chi connectivity index (χ1n) is 21.1. The van der Waals surface area contributed by atoms with E-state index in [1.165, 1.54) is 12.8 Å². The minimum absolute atomic E-state index is 0. The van der Waals surface area contributed by atoms with Gasteiger partial charge in [0.2, 0.25) is 0 Å². The van der Waals surface area contributed by atoms with Crippen molar-refractivity contribution in [3.8, 4) is 0 Å². The number of hydrogen-bond acceptors (Lipinski definition) is 2. The van der Waals surface area contributed by atoms with Crippen LogP contribution in [0.15, 0.2) is 161 Å². The molecule has 58 heavy (non-hydrogen) atoms. The van der Waals surface area contributed by atoms with E-state index in [0.717, 1.165) is 0 Å². The molecule has 0 saturated carbocycles. The Balaban J connectivity index is 0.000000300. The fourth-order valence-electron chi connectivity index (χ4n) is 8.60. The van der Waals surface area contributed by atoms with Gasteiger partial charge in [-0.05, 0) is 0 Å². The molecular formula is C50H68Cl2Hf2N2Si2. The van der Waals surface area contributed by atoms with Crippen molar-refractivity contribution in [1.29, 1.82) is 0 Å². The predicted octanol–water partition coefficient (Wildman–Crippen LogP) is 3.42. The van der Waals surface area contributed by atoms with E-state index in [2.05, 4.69) is 211 Å². The summed E-state index contributed by atoms with van der Waals surface area (Å²) in [7, 11) is 0. The number of halogens is 2.